The highest BCUT2D eigenvalue weighted by molar-refractivity contribution is 5.75. The summed E-state index contributed by atoms with van der Waals surface area (Å²) in [6.07, 6.45) is 0. The molecule has 0 spiro atoms. The molecule has 6 nitrogen and oxygen atoms in total. The standard InChI is InChI=1S/C12H13N3O3/c1-8-4-3-5-9(6-8)11-14-15(12(17)18-11)7-10(16)13-2/h3-6H,7H2,1-2H3,(H,13,16). The van der Waals surface area contributed by atoms with Gasteiger partial charge in [0.2, 0.25) is 11.8 Å². The average Bonchev–Trinajstić information content (AvgIpc) is 2.71. The number of nitrogens with zero attached hydrogens (tertiary/aromatic N) is 2. The van der Waals surface area contributed by atoms with Crippen molar-refractivity contribution in [2.45, 2.75) is 13.5 Å². The maximum absolute atomic E-state index is 11.5. The number of aryl methyl sites for hydroxylation is 1. The number of aromatic nitrogens is 2. The lowest BCUT2D eigenvalue weighted by Gasteiger charge is -1.97. The summed E-state index contributed by atoms with van der Waals surface area (Å²) < 4.78 is 6.01. The number of nitrogens with one attached hydrogen (secondary N) is 1. The Balaban J connectivity index is 2.34. The lowest BCUT2D eigenvalue weighted by molar-refractivity contribution is -0.121. The van der Waals surface area contributed by atoms with Crippen LogP contribution in [0.3, 0.4) is 0 Å². The van der Waals surface area contributed by atoms with E-state index in [1.165, 1.54) is 7.05 Å². The first kappa shape index (κ1) is 12.1. The Morgan fingerprint density at radius 3 is 2.94 bits per heavy atom. The Labute approximate surface area is 103 Å². The van der Waals surface area contributed by atoms with Crippen molar-refractivity contribution in [2.75, 3.05) is 7.05 Å². The number of amides is 1. The van der Waals surface area contributed by atoms with Crippen molar-refractivity contribution in [2.24, 2.45) is 0 Å². The van der Waals surface area contributed by atoms with Gasteiger partial charge in [-0.15, -0.1) is 5.10 Å². The molecule has 6 heteroatoms. The van der Waals surface area contributed by atoms with Crippen LogP contribution in [0.2, 0.25) is 0 Å². The molecule has 2 aromatic rings. The SMILES string of the molecule is CNC(=O)Cn1nc(-c2cccc(C)c2)oc1=O. The lowest BCUT2D eigenvalue weighted by atomic mass is 10.1. The molecular weight excluding hydrogens is 234 g/mol. The number of benzene rings is 1. The molecule has 18 heavy (non-hydrogen) atoms. The second-order valence-corrected chi connectivity index (χ2v) is 3.87. The average molecular weight is 247 g/mol. The molecule has 1 aromatic carbocycles. The van der Waals surface area contributed by atoms with Crippen LogP contribution in [0.4, 0.5) is 0 Å². The molecule has 0 atom stereocenters. The van der Waals surface area contributed by atoms with Crippen molar-refractivity contribution in [1.29, 1.82) is 0 Å². The van der Waals surface area contributed by atoms with Gasteiger partial charge in [0, 0.05) is 12.6 Å². The van der Waals surface area contributed by atoms with E-state index in [0.717, 1.165) is 10.2 Å². The molecule has 0 fully saturated rings. The van der Waals surface area contributed by atoms with Gasteiger partial charge in [-0.2, -0.15) is 4.68 Å². The Kier molecular flexibility index (Phi) is 3.27. The van der Waals surface area contributed by atoms with E-state index in [-0.39, 0.29) is 18.3 Å². The van der Waals surface area contributed by atoms with Gasteiger partial charge >= 0.3 is 5.76 Å². The van der Waals surface area contributed by atoms with E-state index in [0.29, 0.717) is 5.56 Å². The second-order valence-electron chi connectivity index (χ2n) is 3.87. The molecule has 1 heterocycles. The van der Waals surface area contributed by atoms with Crippen LogP contribution in [0, 0.1) is 6.92 Å². The second kappa shape index (κ2) is 4.87. The molecule has 0 aliphatic heterocycles. The molecular formula is C12H13N3O3. The van der Waals surface area contributed by atoms with Crippen LogP contribution in [-0.4, -0.2) is 22.7 Å². The number of hydrogen-bond donors (Lipinski definition) is 1. The number of carbonyl (C=O) groups excluding carboxylic acids is 1. The molecule has 0 saturated heterocycles. The van der Waals surface area contributed by atoms with E-state index < -0.39 is 5.76 Å². The van der Waals surface area contributed by atoms with E-state index in [9.17, 15) is 9.59 Å². The van der Waals surface area contributed by atoms with Gasteiger partial charge in [0.25, 0.3) is 0 Å². The predicted octanol–water partition coefficient (Wildman–Crippen LogP) is 0.558. The van der Waals surface area contributed by atoms with Crippen molar-refractivity contribution in [3.8, 4) is 11.5 Å². The van der Waals surface area contributed by atoms with Crippen molar-refractivity contribution in [3.05, 3.63) is 40.4 Å². The topological polar surface area (TPSA) is 77.1 Å². The molecule has 1 N–H and O–H groups in total. The molecule has 0 aliphatic rings. The van der Waals surface area contributed by atoms with Gasteiger partial charge < -0.3 is 9.73 Å². The number of rotatable bonds is 3. The van der Waals surface area contributed by atoms with Gasteiger partial charge in [-0.05, 0) is 19.1 Å². The summed E-state index contributed by atoms with van der Waals surface area (Å²) in [5, 5.41) is 6.40. The van der Waals surface area contributed by atoms with Gasteiger partial charge in [0.1, 0.15) is 6.54 Å². The largest absolute Gasteiger partial charge is 0.437 e. The highest BCUT2D eigenvalue weighted by atomic mass is 16.4. The summed E-state index contributed by atoms with van der Waals surface area (Å²) in [6.45, 7) is 1.79. The quantitative estimate of drug-likeness (QED) is 0.859. The Bertz CT molecular complexity index is 627. The summed E-state index contributed by atoms with van der Waals surface area (Å²) >= 11 is 0. The smallest absolute Gasteiger partial charge is 0.388 e. The van der Waals surface area contributed by atoms with Crippen molar-refractivity contribution in [1.82, 2.24) is 15.1 Å². The van der Waals surface area contributed by atoms with Gasteiger partial charge in [0.05, 0.1) is 0 Å². The minimum atomic E-state index is -0.643. The molecule has 0 saturated carbocycles. The number of likely N-dealkylation sites (N-methyl/N-ethyl adjacent to an activating group) is 1. The zero-order valence-corrected chi connectivity index (χ0v) is 10.1. The van der Waals surface area contributed by atoms with Crippen molar-refractivity contribution >= 4 is 5.91 Å². The third kappa shape index (κ3) is 2.48. The summed E-state index contributed by atoms with van der Waals surface area (Å²) in [4.78, 5) is 22.7. The van der Waals surface area contributed by atoms with Crippen LogP contribution in [-0.2, 0) is 11.3 Å². The zero-order valence-electron chi connectivity index (χ0n) is 10.1. The van der Waals surface area contributed by atoms with Crippen LogP contribution in [0.1, 0.15) is 5.56 Å². The third-order valence-electron chi connectivity index (χ3n) is 2.44. The molecule has 0 aliphatic carbocycles. The normalized spacial score (nSPS) is 10.3. The van der Waals surface area contributed by atoms with Crippen LogP contribution >= 0.6 is 0 Å². The van der Waals surface area contributed by atoms with Crippen LogP contribution in [0.15, 0.2) is 33.5 Å². The fraction of sp³-hybridized carbons (Fsp3) is 0.250. The summed E-state index contributed by atoms with van der Waals surface area (Å²) in [7, 11) is 1.49. The Hall–Kier alpha value is -2.37. The Morgan fingerprint density at radius 1 is 1.50 bits per heavy atom. The zero-order chi connectivity index (χ0) is 13.1. The summed E-state index contributed by atoms with van der Waals surface area (Å²) in [6, 6.07) is 7.43. The highest BCUT2D eigenvalue weighted by Crippen LogP contribution is 2.16. The molecule has 0 unspecified atom stereocenters. The van der Waals surface area contributed by atoms with Crippen LogP contribution in [0.25, 0.3) is 11.5 Å². The first-order valence-electron chi connectivity index (χ1n) is 5.45. The van der Waals surface area contributed by atoms with Gasteiger partial charge in [-0.1, -0.05) is 17.7 Å². The molecule has 94 valence electrons. The van der Waals surface area contributed by atoms with E-state index >= 15 is 0 Å². The van der Waals surface area contributed by atoms with E-state index in [4.69, 9.17) is 4.42 Å². The van der Waals surface area contributed by atoms with E-state index in [1.807, 2.05) is 25.1 Å². The Morgan fingerprint density at radius 2 is 2.28 bits per heavy atom. The van der Waals surface area contributed by atoms with Crippen LogP contribution < -0.4 is 11.1 Å². The van der Waals surface area contributed by atoms with E-state index in [1.54, 1.807) is 6.07 Å². The molecule has 2 rings (SSSR count). The summed E-state index contributed by atoms with van der Waals surface area (Å²) in [5.41, 5.74) is 1.75. The maximum atomic E-state index is 11.5. The van der Waals surface area contributed by atoms with Crippen LogP contribution in [0.5, 0.6) is 0 Å². The van der Waals surface area contributed by atoms with Gasteiger partial charge in [-0.25, -0.2) is 4.79 Å². The number of hydrogen-bond acceptors (Lipinski definition) is 4. The number of carbonyl (C=O) groups is 1. The minimum absolute atomic E-state index is 0.148. The monoisotopic (exact) mass is 247 g/mol. The third-order valence-corrected chi connectivity index (χ3v) is 2.44. The maximum Gasteiger partial charge on any atom is 0.437 e. The highest BCUT2D eigenvalue weighted by Gasteiger charge is 2.12. The van der Waals surface area contributed by atoms with Gasteiger partial charge in [0.15, 0.2) is 0 Å². The molecule has 1 aromatic heterocycles. The molecule has 0 radical (unpaired) electrons. The first-order valence-corrected chi connectivity index (χ1v) is 5.45. The summed E-state index contributed by atoms with van der Waals surface area (Å²) in [5.74, 6) is -0.732. The van der Waals surface area contributed by atoms with Gasteiger partial charge in [-0.3, -0.25) is 4.79 Å². The fourth-order valence-corrected chi connectivity index (χ4v) is 1.52. The minimum Gasteiger partial charge on any atom is -0.388 e. The fourth-order valence-electron chi connectivity index (χ4n) is 1.52. The predicted molar refractivity (Wildman–Crippen MR) is 65.0 cm³/mol. The first-order chi connectivity index (χ1) is 8.60. The molecule has 0 bridgehead atoms. The van der Waals surface area contributed by atoms with Crippen molar-refractivity contribution in [3.63, 3.8) is 0 Å². The van der Waals surface area contributed by atoms with Crippen molar-refractivity contribution < 1.29 is 9.21 Å². The lowest BCUT2D eigenvalue weighted by Crippen LogP contribution is -2.28. The molecule has 1 amide bonds. The van der Waals surface area contributed by atoms with E-state index in [2.05, 4.69) is 10.4 Å².